The van der Waals surface area contributed by atoms with E-state index in [0.717, 1.165) is 0 Å². The lowest BCUT2D eigenvalue weighted by Crippen LogP contribution is -2.29. The Bertz CT molecular complexity index is 331. The van der Waals surface area contributed by atoms with Crippen molar-refractivity contribution in [2.24, 2.45) is 0 Å². The Morgan fingerprint density at radius 3 is 2.10 bits per heavy atom. The van der Waals surface area contributed by atoms with Gasteiger partial charge in [-0.15, -0.1) is 10.1 Å². The molecule has 2 amide bonds. The lowest BCUT2D eigenvalue weighted by Gasteiger charge is -2.11. The maximum atomic E-state index is 11.1. The molecule has 1 rings (SSSR count). The first-order valence-corrected chi connectivity index (χ1v) is 6.11. The highest BCUT2D eigenvalue weighted by atomic mass is 17.3. The fourth-order valence-electron chi connectivity index (χ4n) is 1.15. The van der Waals surface area contributed by atoms with E-state index >= 15 is 0 Å². The van der Waals surface area contributed by atoms with Crippen molar-refractivity contribution >= 4 is 11.8 Å². The summed E-state index contributed by atoms with van der Waals surface area (Å²) in [5.74, 6) is -0.867. The Labute approximate surface area is 120 Å². The predicted octanol–water partition coefficient (Wildman–Crippen LogP) is 0.0126. The molecule has 0 aromatic rings. The van der Waals surface area contributed by atoms with E-state index in [1.54, 1.807) is 0 Å². The van der Waals surface area contributed by atoms with Crippen LogP contribution in [0.1, 0.15) is 12.8 Å². The number of hydrogen-bond acceptors (Lipinski definition) is 9. The van der Waals surface area contributed by atoms with Gasteiger partial charge in [-0.3, -0.25) is 9.59 Å². The Morgan fingerprint density at radius 2 is 1.48 bits per heavy atom. The van der Waals surface area contributed by atoms with E-state index in [4.69, 9.17) is 9.78 Å². The number of hydrogen-bond donors (Lipinski definition) is 0. The van der Waals surface area contributed by atoms with E-state index in [0.29, 0.717) is 5.06 Å². The zero-order valence-electron chi connectivity index (χ0n) is 11.5. The first-order chi connectivity index (χ1) is 10.3. The topological polar surface area (TPSA) is 102 Å². The molecule has 1 fully saturated rings. The van der Waals surface area contributed by atoms with E-state index < -0.39 is 11.8 Å². The summed E-state index contributed by atoms with van der Waals surface area (Å²) in [6.07, 6.45) is 2.77. The van der Waals surface area contributed by atoms with Crippen LogP contribution in [-0.2, 0) is 43.8 Å². The molecule has 10 nitrogen and oxygen atoms in total. The highest BCUT2D eigenvalue weighted by Gasteiger charge is 2.31. The fourth-order valence-corrected chi connectivity index (χ4v) is 1.15. The number of imide groups is 1. The number of carbonyl (C=O) groups is 2. The third kappa shape index (κ3) is 7.58. The van der Waals surface area contributed by atoms with Gasteiger partial charge in [0.15, 0.2) is 6.26 Å². The molecular formula is C11H17NO9. The van der Waals surface area contributed by atoms with Gasteiger partial charge in [-0.05, 0) is 0 Å². The average Bonchev–Trinajstić information content (AvgIpc) is 2.80. The van der Waals surface area contributed by atoms with E-state index in [1.807, 2.05) is 0 Å². The van der Waals surface area contributed by atoms with Crippen molar-refractivity contribution in [3.63, 3.8) is 0 Å². The molecule has 0 N–H and O–H groups in total. The van der Waals surface area contributed by atoms with Crippen molar-refractivity contribution in [2.75, 3.05) is 33.5 Å². The van der Waals surface area contributed by atoms with Gasteiger partial charge >= 0.3 is 0 Å². The number of ether oxygens (including phenoxy) is 1. The molecule has 0 radical (unpaired) electrons. The number of rotatable bonds is 12. The third-order valence-electron chi connectivity index (χ3n) is 2.03. The van der Waals surface area contributed by atoms with Crippen LogP contribution in [0.4, 0.5) is 0 Å². The third-order valence-corrected chi connectivity index (χ3v) is 2.03. The molecule has 0 unspecified atom stereocenters. The first kappa shape index (κ1) is 17.3. The van der Waals surface area contributed by atoms with Gasteiger partial charge in [0.1, 0.15) is 32.7 Å². The van der Waals surface area contributed by atoms with Gasteiger partial charge < -0.3 is 9.62 Å². The van der Waals surface area contributed by atoms with E-state index in [2.05, 4.69) is 24.4 Å². The smallest absolute Gasteiger partial charge is 0.256 e. The van der Waals surface area contributed by atoms with E-state index in [-0.39, 0.29) is 39.3 Å². The van der Waals surface area contributed by atoms with Gasteiger partial charge in [-0.25, -0.2) is 14.7 Å². The fraction of sp³-hybridized carbons (Fsp3) is 0.636. The second kappa shape index (κ2) is 11.0. The predicted molar refractivity (Wildman–Crippen MR) is 63.2 cm³/mol. The van der Waals surface area contributed by atoms with Crippen LogP contribution < -0.4 is 0 Å². The maximum absolute atomic E-state index is 11.1. The molecule has 1 heterocycles. The molecule has 0 spiro atoms. The van der Waals surface area contributed by atoms with Crippen molar-refractivity contribution < 1.29 is 43.8 Å². The molecule has 1 saturated heterocycles. The van der Waals surface area contributed by atoms with Gasteiger partial charge in [0.25, 0.3) is 11.8 Å². The van der Waals surface area contributed by atoms with Crippen LogP contribution in [0.25, 0.3) is 0 Å². The summed E-state index contributed by atoms with van der Waals surface area (Å²) < 4.78 is 4.56. The van der Waals surface area contributed by atoms with Gasteiger partial charge in [0, 0.05) is 12.8 Å². The van der Waals surface area contributed by atoms with Crippen molar-refractivity contribution in [1.82, 2.24) is 5.06 Å². The number of carbonyl (C=O) groups excluding carboxylic acids is 2. The molecule has 0 atom stereocenters. The lowest BCUT2D eigenvalue weighted by atomic mass is 10.4. The average molecular weight is 307 g/mol. The first-order valence-electron chi connectivity index (χ1n) is 6.11. The molecule has 1 aliphatic heterocycles. The highest BCUT2D eigenvalue weighted by Crippen LogP contribution is 2.11. The summed E-state index contributed by atoms with van der Waals surface area (Å²) >= 11 is 0. The zero-order valence-corrected chi connectivity index (χ0v) is 11.5. The van der Waals surface area contributed by atoms with Crippen molar-refractivity contribution in [2.45, 2.75) is 12.8 Å². The molecule has 0 saturated carbocycles. The maximum Gasteiger partial charge on any atom is 0.256 e. The molecule has 0 aliphatic carbocycles. The standard InChI is InChI=1S/C11H17NO9/c1-15-4-5-16-17-6-7-18-19-8-9-20-21-12-10(13)2-3-11(12)14/h4-5H,2-3,6-9H2,1H3/b5-4+. The number of nitrogens with zero attached hydrogens (tertiary/aromatic N) is 1. The molecular weight excluding hydrogens is 290 g/mol. The number of amides is 2. The summed E-state index contributed by atoms with van der Waals surface area (Å²) in [5.41, 5.74) is 0. The van der Waals surface area contributed by atoms with Crippen LogP contribution in [0.15, 0.2) is 12.5 Å². The zero-order chi connectivity index (χ0) is 15.3. The van der Waals surface area contributed by atoms with Crippen molar-refractivity contribution in [3.8, 4) is 0 Å². The Kier molecular flexibility index (Phi) is 9.08. The Hall–Kier alpha value is -1.72. The summed E-state index contributed by atoms with van der Waals surface area (Å²) in [6.45, 7) is 0.290. The number of methoxy groups -OCH3 is 1. The summed E-state index contributed by atoms with van der Waals surface area (Å²) in [7, 11) is 1.47. The van der Waals surface area contributed by atoms with Crippen LogP contribution >= 0.6 is 0 Å². The largest absolute Gasteiger partial charge is 0.501 e. The SMILES string of the molecule is CO/C=C/OOCCOOCCOON1C(=O)CCC1=O. The van der Waals surface area contributed by atoms with Crippen LogP contribution in [0, 0.1) is 0 Å². The van der Waals surface area contributed by atoms with Gasteiger partial charge in [0.2, 0.25) is 0 Å². The van der Waals surface area contributed by atoms with Gasteiger partial charge in [-0.1, -0.05) is 0 Å². The van der Waals surface area contributed by atoms with Crippen LogP contribution in [0.2, 0.25) is 0 Å². The lowest BCUT2D eigenvalue weighted by molar-refractivity contribution is -0.407. The second-order valence-corrected chi connectivity index (χ2v) is 3.55. The highest BCUT2D eigenvalue weighted by molar-refractivity contribution is 6.00. The molecule has 120 valence electrons. The molecule has 0 aromatic carbocycles. The minimum Gasteiger partial charge on any atom is -0.501 e. The normalized spacial score (nSPS) is 15.2. The van der Waals surface area contributed by atoms with E-state index in [9.17, 15) is 9.59 Å². The minimum atomic E-state index is -0.433. The monoisotopic (exact) mass is 307 g/mol. The number of hydroxylamine groups is 2. The minimum absolute atomic E-state index is 0.0228. The van der Waals surface area contributed by atoms with Gasteiger partial charge in [-0.2, -0.15) is 4.89 Å². The van der Waals surface area contributed by atoms with Gasteiger partial charge in [0.05, 0.1) is 7.11 Å². The molecule has 10 heteroatoms. The molecule has 0 bridgehead atoms. The second-order valence-electron chi connectivity index (χ2n) is 3.55. The van der Waals surface area contributed by atoms with Crippen LogP contribution in [0.3, 0.4) is 0 Å². The van der Waals surface area contributed by atoms with Crippen LogP contribution in [0.5, 0.6) is 0 Å². The quantitative estimate of drug-likeness (QED) is 0.162. The van der Waals surface area contributed by atoms with Crippen molar-refractivity contribution in [1.29, 1.82) is 0 Å². The molecule has 21 heavy (non-hydrogen) atoms. The summed E-state index contributed by atoms with van der Waals surface area (Å²) in [6, 6.07) is 0. The molecule has 1 aliphatic rings. The summed E-state index contributed by atoms with van der Waals surface area (Å²) in [5, 5.41) is 0.583. The Morgan fingerprint density at radius 1 is 0.905 bits per heavy atom. The van der Waals surface area contributed by atoms with E-state index in [1.165, 1.54) is 19.6 Å². The van der Waals surface area contributed by atoms with Crippen LogP contribution in [-0.4, -0.2) is 50.4 Å². The molecule has 0 aromatic heterocycles. The summed E-state index contributed by atoms with van der Waals surface area (Å²) in [4.78, 5) is 50.0. The Balaban J connectivity index is 1.83. The van der Waals surface area contributed by atoms with Crippen molar-refractivity contribution in [3.05, 3.63) is 12.5 Å².